The van der Waals surface area contributed by atoms with Gasteiger partial charge in [0.2, 0.25) is 0 Å². The summed E-state index contributed by atoms with van der Waals surface area (Å²) >= 11 is 0. The number of carbonyl (C=O) groups excluding carboxylic acids is 1. The Kier molecular flexibility index (Phi) is 4.50. The number of hydrogen-bond acceptors (Lipinski definition) is 1. The van der Waals surface area contributed by atoms with E-state index < -0.39 is 52.7 Å². The van der Waals surface area contributed by atoms with Gasteiger partial charge in [-0.25, -0.2) is 8.78 Å². The van der Waals surface area contributed by atoms with E-state index in [0.717, 1.165) is 18.3 Å². The summed E-state index contributed by atoms with van der Waals surface area (Å²) in [7, 11) is 0. The van der Waals surface area contributed by atoms with Crippen molar-refractivity contribution in [2.45, 2.75) is 42.2 Å². The number of carbonyl (C=O) groups is 1. The molecule has 14 heteroatoms. The lowest BCUT2D eigenvalue weighted by Crippen LogP contribution is -2.86. The molecule has 0 saturated heterocycles. The van der Waals surface area contributed by atoms with E-state index >= 15 is 0 Å². The second-order valence-corrected chi connectivity index (χ2v) is 5.94. The third-order valence-electron chi connectivity index (χ3n) is 4.20. The summed E-state index contributed by atoms with van der Waals surface area (Å²) in [6.07, 6.45) is 0. The van der Waals surface area contributed by atoms with Crippen LogP contribution in [0.1, 0.15) is 5.56 Å². The summed E-state index contributed by atoms with van der Waals surface area (Å²) < 4.78 is 162. The van der Waals surface area contributed by atoms with Crippen LogP contribution in [0.2, 0.25) is 0 Å². The Morgan fingerprint density at radius 3 is 1.57 bits per heavy atom. The maximum Gasteiger partial charge on any atom is 0.384 e. The quantitative estimate of drug-likeness (QED) is 0.656. The number of nitrogens with one attached hydrogen (secondary N) is 1. The van der Waals surface area contributed by atoms with Crippen molar-refractivity contribution in [3.63, 3.8) is 0 Å². The monoisotopic (exact) mass is 433 g/mol. The molecule has 0 aliphatic heterocycles. The maximum absolute atomic E-state index is 14.5. The third kappa shape index (κ3) is 2.22. The minimum absolute atomic E-state index is 0.237. The summed E-state index contributed by atoms with van der Waals surface area (Å²) in [6.45, 7) is 0.981. The highest BCUT2D eigenvalue weighted by Crippen LogP contribution is 2.69. The molecule has 0 aromatic heterocycles. The van der Waals surface area contributed by atoms with Gasteiger partial charge in [-0.1, -0.05) is 6.07 Å². The van der Waals surface area contributed by atoms with Gasteiger partial charge in [0.05, 0.1) is 0 Å². The second kappa shape index (κ2) is 5.69. The normalized spacial score (nSPS) is 25.8. The van der Waals surface area contributed by atoms with Crippen molar-refractivity contribution in [2.24, 2.45) is 0 Å². The first-order valence-corrected chi connectivity index (χ1v) is 6.96. The molecule has 2 rings (SSSR count). The highest BCUT2D eigenvalue weighted by molar-refractivity contribution is 6.00. The summed E-state index contributed by atoms with van der Waals surface area (Å²) in [5.74, 6) is -41.5. The highest BCUT2D eigenvalue weighted by Gasteiger charge is 3.02. The van der Waals surface area contributed by atoms with Crippen molar-refractivity contribution in [3.05, 3.63) is 29.6 Å². The molecule has 1 N–H and O–H groups in total. The molecule has 0 unspecified atom stereocenters. The number of anilines is 1. The van der Waals surface area contributed by atoms with Crippen molar-refractivity contribution in [1.82, 2.24) is 0 Å². The lowest BCUT2D eigenvalue weighted by Gasteiger charge is -2.51. The van der Waals surface area contributed by atoms with Crippen molar-refractivity contribution in [3.8, 4) is 0 Å². The smallest absolute Gasteiger partial charge is 0.323 e. The number of hydrogen-bond donors (Lipinski definition) is 1. The molecule has 0 bridgehead atoms. The van der Waals surface area contributed by atoms with Crippen molar-refractivity contribution < 1.29 is 57.5 Å². The van der Waals surface area contributed by atoms with Crippen LogP contribution in [0.3, 0.4) is 0 Å². The first kappa shape index (κ1) is 22.1. The molecule has 0 atom stereocenters. The molecule has 0 heterocycles. The van der Waals surface area contributed by atoms with Crippen LogP contribution >= 0.6 is 0 Å². The van der Waals surface area contributed by atoms with Crippen LogP contribution < -0.4 is 5.32 Å². The fraction of sp³-hybridized carbons (Fsp3) is 0.500. The zero-order valence-electron chi connectivity index (χ0n) is 13.2. The van der Waals surface area contributed by atoms with Crippen LogP contribution in [0.5, 0.6) is 0 Å². The van der Waals surface area contributed by atoms with E-state index in [2.05, 4.69) is 0 Å². The number of aryl methyl sites for hydroxylation is 1. The van der Waals surface area contributed by atoms with Gasteiger partial charge >= 0.3 is 35.3 Å². The molecular weight excluding hydrogens is 426 g/mol. The number of amides is 1. The van der Waals surface area contributed by atoms with Gasteiger partial charge in [-0.15, -0.1) is 0 Å². The first-order chi connectivity index (χ1) is 12.3. The summed E-state index contributed by atoms with van der Waals surface area (Å²) in [6, 6.07) is 1.73. The van der Waals surface area contributed by atoms with E-state index in [1.165, 1.54) is 0 Å². The predicted molar refractivity (Wildman–Crippen MR) is 68.3 cm³/mol. The van der Waals surface area contributed by atoms with E-state index in [1.807, 2.05) is 0 Å². The van der Waals surface area contributed by atoms with Gasteiger partial charge in [0.15, 0.2) is 0 Å². The van der Waals surface area contributed by atoms with E-state index in [4.69, 9.17) is 0 Å². The third-order valence-corrected chi connectivity index (χ3v) is 4.20. The molecule has 158 valence electrons. The lowest BCUT2D eigenvalue weighted by atomic mass is 9.71. The minimum atomic E-state index is -7.42. The van der Waals surface area contributed by atoms with Gasteiger partial charge in [-0.3, -0.25) is 4.79 Å². The molecule has 0 spiro atoms. The Morgan fingerprint density at radius 2 is 1.14 bits per heavy atom. The van der Waals surface area contributed by atoms with Gasteiger partial charge in [0, 0.05) is 5.69 Å². The average molecular weight is 433 g/mol. The number of alkyl halides is 11. The van der Waals surface area contributed by atoms with Crippen LogP contribution in [-0.4, -0.2) is 41.2 Å². The van der Waals surface area contributed by atoms with Crippen molar-refractivity contribution >= 4 is 11.6 Å². The molecule has 1 aromatic carbocycles. The Hall–Kier alpha value is -2.15. The average Bonchev–Trinajstić information content (AvgIpc) is 2.55. The number of halogens is 12. The van der Waals surface area contributed by atoms with E-state index in [1.54, 1.807) is 0 Å². The van der Waals surface area contributed by atoms with Crippen molar-refractivity contribution in [2.75, 3.05) is 5.32 Å². The Labute approximate surface area is 147 Å². The van der Waals surface area contributed by atoms with Crippen LogP contribution in [0.15, 0.2) is 18.2 Å². The predicted octanol–water partition coefficient (Wildman–Crippen LogP) is 4.97. The van der Waals surface area contributed by atoms with Crippen molar-refractivity contribution in [1.29, 1.82) is 0 Å². The zero-order chi connectivity index (χ0) is 22.1. The maximum atomic E-state index is 14.5. The summed E-state index contributed by atoms with van der Waals surface area (Å²) in [5, 5.41) is 0.850. The van der Waals surface area contributed by atoms with Gasteiger partial charge in [0.1, 0.15) is 5.82 Å². The fourth-order valence-electron chi connectivity index (χ4n) is 2.44. The van der Waals surface area contributed by atoms with Crippen LogP contribution in [-0.2, 0) is 4.79 Å². The van der Waals surface area contributed by atoms with Crippen LogP contribution in [0, 0.1) is 12.7 Å². The van der Waals surface area contributed by atoms with E-state index in [9.17, 15) is 57.5 Å². The zero-order valence-corrected chi connectivity index (χ0v) is 13.2. The largest absolute Gasteiger partial charge is 0.384 e. The molecule has 1 aliphatic carbocycles. The second-order valence-electron chi connectivity index (χ2n) is 5.94. The minimum Gasteiger partial charge on any atom is -0.323 e. The highest BCUT2D eigenvalue weighted by atomic mass is 19.4. The van der Waals surface area contributed by atoms with Crippen LogP contribution in [0.4, 0.5) is 58.4 Å². The molecule has 0 radical (unpaired) electrons. The van der Waals surface area contributed by atoms with Crippen LogP contribution in [0.25, 0.3) is 0 Å². The first-order valence-electron chi connectivity index (χ1n) is 6.96. The lowest BCUT2D eigenvalue weighted by molar-refractivity contribution is -0.475. The molecular formula is C14H7F12NO. The van der Waals surface area contributed by atoms with Gasteiger partial charge in [0.25, 0.3) is 5.91 Å². The molecule has 1 fully saturated rings. The van der Waals surface area contributed by atoms with E-state index in [0.29, 0.717) is 6.07 Å². The van der Waals surface area contributed by atoms with Gasteiger partial charge in [-0.2, -0.15) is 43.9 Å². The molecule has 2 nitrogen and oxygen atoms in total. The van der Waals surface area contributed by atoms with Gasteiger partial charge < -0.3 is 5.32 Å². The van der Waals surface area contributed by atoms with Gasteiger partial charge in [-0.05, 0) is 24.6 Å². The van der Waals surface area contributed by atoms with E-state index in [-0.39, 0.29) is 11.6 Å². The summed E-state index contributed by atoms with van der Waals surface area (Å²) in [4.78, 5) is 11.7. The molecule has 1 amide bonds. The standard InChI is InChI=1S/C14H7F12NO/c1-5-2-3-6(15)4-7(5)27-8(28)9(16)10(17,18)12(21,22)14(25,26)13(23,24)11(9,19)20/h2-4H,1H3,(H,27,28). The molecule has 1 saturated carbocycles. The molecule has 1 aromatic rings. The molecule has 28 heavy (non-hydrogen) atoms. The number of benzene rings is 1. The topological polar surface area (TPSA) is 29.1 Å². The Bertz CT molecular complexity index is 789. The fourth-order valence-corrected chi connectivity index (χ4v) is 2.44. The Morgan fingerprint density at radius 1 is 0.750 bits per heavy atom. The Balaban J connectivity index is 2.71. The molecule has 1 aliphatic rings. The number of rotatable bonds is 2. The SMILES string of the molecule is Cc1ccc(F)cc1NC(=O)C1(F)C(F)(F)C(F)(F)C(F)(F)C(F)(F)C1(F)F. The summed E-state index contributed by atoms with van der Waals surface area (Å²) in [5.41, 5.74) is -8.17.